The molecular formula is C27H27F2N3O7. The zero-order valence-corrected chi connectivity index (χ0v) is 21.4. The van der Waals surface area contributed by atoms with Crippen LogP contribution in [0.5, 0.6) is 23.0 Å². The second-order valence-corrected chi connectivity index (χ2v) is 7.95. The van der Waals surface area contributed by atoms with Crippen LogP contribution in [0.4, 0.5) is 13.6 Å². The number of rotatable bonds is 11. The van der Waals surface area contributed by atoms with Crippen LogP contribution in [0.2, 0.25) is 0 Å². The van der Waals surface area contributed by atoms with Crippen LogP contribution in [-0.2, 0) is 16.1 Å². The summed E-state index contributed by atoms with van der Waals surface area (Å²) in [7, 11) is 2.91. The average Bonchev–Trinajstić information content (AvgIpc) is 2.90. The van der Waals surface area contributed by atoms with Crippen LogP contribution < -0.4 is 25.3 Å². The Bertz CT molecular complexity index is 1340. The summed E-state index contributed by atoms with van der Waals surface area (Å²) in [6.07, 6.45) is -2.99. The maximum Gasteiger partial charge on any atom is 0.433 e. The van der Waals surface area contributed by atoms with Crippen molar-refractivity contribution in [3.63, 3.8) is 0 Å². The molecule has 0 aliphatic rings. The average molecular weight is 544 g/mol. The number of amidine groups is 1. The Hall–Kier alpha value is -4.71. The van der Waals surface area contributed by atoms with Crippen molar-refractivity contribution in [3.05, 3.63) is 82.9 Å². The summed E-state index contributed by atoms with van der Waals surface area (Å²) >= 11 is 0. The summed E-state index contributed by atoms with van der Waals surface area (Å²) in [5, 5.41) is 11.3. The molecule has 0 saturated heterocycles. The number of carbonyl (C=O) groups is 2. The van der Waals surface area contributed by atoms with Crippen molar-refractivity contribution >= 4 is 17.8 Å². The summed E-state index contributed by atoms with van der Waals surface area (Å²) < 4.78 is 51.5. The lowest BCUT2D eigenvalue weighted by molar-refractivity contribution is -0.133. The van der Waals surface area contributed by atoms with Gasteiger partial charge in [-0.25, -0.2) is 13.6 Å². The highest BCUT2D eigenvalue weighted by Crippen LogP contribution is 2.35. The first-order valence-electron chi connectivity index (χ1n) is 11.6. The maximum atomic E-state index is 15.1. The molecule has 10 nitrogen and oxygen atoms in total. The number of halogens is 2. The number of methoxy groups -OCH3 is 2. The highest BCUT2D eigenvalue weighted by Gasteiger charge is 2.28. The fourth-order valence-corrected chi connectivity index (χ4v) is 3.59. The van der Waals surface area contributed by atoms with E-state index in [1.54, 1.807) is 31.2 Å². The second kappa shape index (κ2) is 13.2. The molecule has 3 rings (SSSR count). The molecule has 2 amide bonds. The van der Waals surface area contributed by atoms with Gasteiger partial charge in [-0.1, -0.05) is 24.3 Å². The van der Waals surface area contributed by atoms with Crippen molar-refractivity contribution in [2.24, 2.45) is 10.7 Å². The minimum atomic E-state index is -1.57. The number of carboxylic acid groups (broad SMARTS) is 1. The third kappa shape index (κ3) is 7.42. The van der Waals surface area contributed by atoms with Crippen molar-refractivity contribution in [2.45, 2.75) is 19.6 Å². The predicted molar refractivity (Wildman–Crippen MR) is 137 cm³/mol. The topological polar surface area (TPSA) is 142 Å². The molecule has 39 heavy (non-hydrogen) atoms. The van der Waals surface area contributed by atoms with Crippen LogP contribution >= 0.6 is 0 Å². The van der Waals surface area contributed by atoms with E-state index in [1.807, 2.05) is 0 Å². The van der Waals surface area contributed by atoms with Crippen molar-refractivity contribution in [3.8, 4) is 23.0 Å². The van der Waals surface area contributed by atoms with Crippen LogP contribution in [0, 0.1) is 11.6 Å². The smallest absolute Gasteiger partial charge is 0.433 e. The van der Waals surface area contributed by atoms with E-state index in [2.05, 4.69) is 10.3 Å². The molecule has 0 aromatic heterocycles. The Kier molecular flexibility index (Phi) is 9.76. The minimum absolute atomic E-state index is 0.00238. The van der Waals surface area contributed by atoms with Crippen LogP contribution in [0.15, 0.2) is 59.6 Å². The molecule has 4 N–H and O–H groups in total. The lowest BCUT2D eigenvalue weighted by Crippen LogP contribution is -2.31. The summed E-state index contributed by atoms with van der Waals surface area (Å²) in [5.41, 5.74) is 6.03. The van der Waals surface area contributed by atoms with Gasteiger partial charge in [0.15, 0.2) is 17.6 Å². The van der Waals surface area contributed by atoms with Gasteiger partial charge in [0.25, 0.3) is 5.91 Å². The number of amides is 2. The van der Waals surface area contributed by atoms with E-state index in [-0.39, 0.29) is 30.5 Å². The fraction of sp³-hybridized carbons (Fsp3) is 0.222. The Balaban J connectivity index is 1.75. The van der Waals surface area contributed by atoms with E-state index < -0.39 is 35.3 Å². The summed E-state index contributed by atoms with van der Waals surface area (Å²) in [6, 6.07) is 12.8. The SMILES string of the molecule is CCOC(C(=O)NCc1ccc(/C(N)=N\C(=O)O)cc1)c1c(F)cc(Oc2ccc(OC)c(OC)c2)cc1F. The van der Waals surface area contributed by atoms with Gasteiger partial charge in [-0.3, -0.25) is 4.79 Å². The predicted octanol–water partition coefficient (Wildman–Crippen LogP) is 4.55. The van der Waals surface area contributed by atoms with Crippen LogP contribution in [-0.4, -0.2) is 43.8 Å². The quantitative estimate of drug-likeness (QED) is 0.236. The number of benzene rings is 3. The number of hydrogen-bond donors (Lipinski definition) is 3. The number of nitrogens with two attached hydrogens (primary N) is 1. The van der Waals surface area contributed by atoms with Crippen molar-refractivity contribution < 1.29 is 42.4 Å². The highest BCUT2D eigenvalue weighted by molar-refractivity contribution is 6.02. The van der Waals surface area contributed by atoms with E-state index >= 15 is 8.78 Å². The zero-order chi connectivity index (χ0) is 28.5. The first-order valence-corrected chi connectivity index (χ1v) is 11.6. The summed E-state index contributed by atoms with van der Waals surface area (Å²) in [4.78, 5) is 26.8. The van der Waals surface area contributed by atoms with Crippen LogP contribution in [0.25, 0.3) is 0 Å². The number of nitrogens with zero attached hydrogens (tertiary/aromatic N) is 1. The van der Waals surface area contributed by atoms with Gasteiger partial charge in [-0.2, -0.15) is 4.99 Å². The third-order valence-corrected chi connectivity index (χ3v) is 5.41. The Morgan fingerprint density at radius 2 is 1.62 bits per heavy atom. The lowest BCUT2D eigenvalue weighted by atomic mass is 10.1. The van der Waals surface area contributed by atoms with Crippen LogP contribution in [0.1, 0.15) is 29.7 Å². The van der Waals surface area contributed by atoms with Crippen molar-refractivity contribution in [1.82, 2.24) is 5.32 Å². The molecule has 0 spiro atoms. The lowest BCUT2D eigenvalue weighted by Gasteiger charge is -2.19. The van der Waals surface area contributed by atoms with Crippen LogP contribution in [0.3, 0.4) is 0 Å². The molecule has 0 heterocycles. The summed E-state index contributed by atoms with van der Waals surface area (Å²) in [5.74, 6) is -2.07. The largest absolute Gasteiger partial charge is 0.493 e. The number of nitrogens with one attached hydrogen (secondary N) is 1. The van der Waals surface area contributed by atoms with Gasteiger partial charge in [0, 0.05) is 36.9 Å². The monoisotopic (exact) mass is 543 g/mol. The molecule has 3 aromatic rings. The van der Waals surface area contributed by atoms with Gasteiger partial charge < -0.3 is 35.1 Å². The van der Waals surface area contributed by atoms with E-state index in [0.717, 1.165) is 12.1 Å². The third-order valence-electron chi connectivity index (χ3n) is 5.41. The first-order chi connectivity index (χ1) is 18.7. The minimum Gasteiger partial charge on any atom is -0.493 e. The number of ether oxygens (including phenoxy) is 4. The fourth-order valence-electron chi connectivity index (χ4n) is 3.59. The molecule has 206 valence electrons. The Morgan fingerprint density at radius 3 is 2.18 bits per heavy atom. The molecule has 1 unspecified atom stereocenters. The number of carbonyl (C=O) groups excluding carboxylic acids is 1. The Labute approximate surface area is 223 Å². The molecule has 0 saturated carbocycles. The van der Waals surface area contributed by atoms with Gasteiger partial charge in [-0.05, 0) is 24.6 Å². The van der Waals surface area contributed by atoms with Gasteiger partial charge in [0.05, 0.1) is 19.8 Å². The number of hydrogen-bond acceptors (Lipinski definition) is 6. The second-order valence-electron chi connectivity index (χ2n) is 7.95. The molecule has 1 atom stereocenters. The highest BCUT2D eigenvalue weighted by atomic mass is 19.1. The van der Waals surface area contributed by atoms with Gasteiger partial charge in [0.1, 0.15) is 29.0 Å². The molecule has 12 heteroatoms. The van der Waals surface area contributed by atoms with Gasteiger partial charge in [0.2, 0.25) is 0 Å². The standard InChI is InChI=1S/C27H27F2N3O7/c1-4-38-24(26(33)31-14-15-5-7-16(8-6-15)25(30)32-27(34)35)23-19(28)11-18(12-20(23)29)39-17-9-10-21(36-2)22(13-17)37-3/h5-13,24H,4,14H2,1-3H3,(H2,30,32)(H,31,33)(H,34,35). The maximum absolute atomic E-state index is 15.1. The van der Waals surface area contributed by atoms with E-state index in [9.17, 15) is 9.59 Å². The van der Waals surface area contributed by atoms with Gasteiger partial charge >= 0.3 is 6.09 Å². The van der Waals surface area contributed by atoms with Crippen molar-refractivity contribution in [2.75, 3.05) is 20.8 Å². The first kappa shape index (κ1) is 28.9. The molecule has 0 radical (unpaired) electrons. The molecule has 0 bridgehead atoms. The van der Waals surface area contributed by atoms with Gasteiger partial charge in [-0.15, -0.1) is 0 Å². The molecule has 0 fully saturated rings. The summed E-state index contributed by atoms with van der Waals surface area (Å²) in [6.45, 7) is 1.60. The molecule has 0 aliphatic heterocycles. The van der Waals surface area contributed by atoms with E-state index in [4.69, 9.17) is 29.8 Å². The van der Waals surface area contributed by atoms with E-state index in [0.29, 0.717) is 22.6 Å². The zero-order valence-electron chi connectivity index (χ0n) is 21.4. The Morgan fingerprint density at radius 1 is 0.974 bits per heavy atom. The van der Waals surface area contributed by atoms with E-state index in [1.165, 1.54) is 32.4 Å². The number of aliphatic imine (C=N–C) groups is 1. The van der Waals surface area contributed by atoms with Crippen molar-refractivity contribution in [1.29, 1.82) is 0 Å². The molecule has 0 aliphatic carbocycles. The molecule has 3 aromatic carbocycles. The normalized spacial score (nSPS) is 12.0. The molecular weight excluding hydrogens is 516 g/mol.